The smallest absolute Gasteiger partial charge is 0.322 e. The van der Waals surface area contributed by atoms with E-state index in [1.165, 1.54) is 0 Å². The van der Waals surface area contributed by atoms with E-state index in [4.69, 9.17) is 9.84 Å². The van der Waals surface area contributed by atoms with E-state index in [0.717, 1.165) is 35.7 Å². The van der Waals surface area contributed by atoms with Crippen molar-refractivity contribution in [3.8, 4) is 5.75 Å². The molecule has 5 heteroatoms. The first-order valence-electron chi connectivity index (χ1n) is 7.26. The standard InChI is InChI=1S/C17H22N2O3/c1-17(2)9-13(18-11-16(20)21)8-14(10-17)19-12-4-6-15(22-3)7-5-12/h4-8,18H,9-11H2,1-3H3,(H,20,21). The van der Waals surface area contributed by atoms with Crippen LogP contribution in [0.25, 0.3) is 0 Å². The van der Waals surface area contributed by atoms with Crippen molar-refractivity contribution >= 4 is 17.4 Å². The lowest BCUT2D eigenvalue weighted by Crippen LogP contribution is -2.30. The Morgan fingerprint density at radius 1 is 1.32 bits per heavy atom. The average Bonchev–Trinajstić information content (AvgIpc) is 2.44. The third kappa shape index (κ3) is 4.62. The molecule has 0 aliphatic heterocycles. The number of aliphatic imine (C=N–C) groups is 1. The van der Waals surface area contributed by atoms with E-state index >= 15 is 0 Å². The summed E-state index contributed by atoms with van der Waals surface area (Å²) in [6, 6.07) is 7.57. The van der Waals surface area contributed by atoms with E-state index < -0.39 is 5.97 Å². The minimum Gasteiger partial charge on any atom is -0.497 e. The van der Waals surface area contributed by atoms with Crippen LogP contribution in [0.2, 0.25) is 0 Å². The van der Waals surface area contributed by atoms with Crippen LogP contribution in [0.1, 0.15) is 26.7 Å². The van der Waals surface area contributed by atoms with Crippen molar-refractivity contribution in [2.75, 3.05) is 13.7 Å². The summed E-state index contributed by atoms with van der Waals surface area (Å²) < 4.78 is 5.14. The summed E-state index contributed by atoms with van der Waals surface area (Å²) in [6.07, 6.45) is 3.64. The van der Waals surface area contributed by atoms with Crippen LogP contribution in [-0.2, 0) is 4.79 Å². The van der Waals surface area contributed by atoms with Crippen LogP contribution in [0.3, 0.4) is 0 Å². The molecule has 1 aliphatic rings. The number of nitrogens with zero attached hydrogens (tertiary/aromatic N) is 1. The quantitative estimate of drug-likeness (QED) is 0.876. The average molecular weight is 302 g/mol. The van der Waals surface area contributed by atoms with Gasteiger partial charge in [-0.3, -0.25) is 9.79 Å². The molecule has 1 aliphatic carbocycles. The molecular weight excluding hydrogens is 280 g/mol. The Morgan fingerprint density at radius 3 is 2.59 bits per heavy atom. The van der Waals surface area contributed by atoms with Gasteiger partial charge in [-0.25, -0.2) is 0 Å². The van der Waals surface area contributed by atoms with Crippen LogP contribution in [0.5, 0.6) is 5.75 Å². The Balaban J connectivity index is 2.20. The highest BCUT2D eigenvalue weighted by atomic mass is 16.5. The second kappa shape index (κ2) is 6.64. The topological polar surface area (TPSA) is 70.9 Å². The maximum absolute atomic E-state index is 10.7. The number of aliphatic carboxylic acids is 1. The predicted molar refractivity (Wildman–Crippen MR) is 86.8 cm³/mol. The van der Waals surface area contributed by atoms with Gasteiger partial charge in [0, 0.05) is 11.4 Å². The lowest BCUT2D eigenvalue weighted by atomic mass is 9.78. The summed E-state index contributed by atoms with van der Waals surface area (Å²) >= 11 is 0. The number of carboxylic acid groups (broad SMARTS) is 1. The molecule has 118 valence electrons. The third-order valence-corrected chi connectivity index (χ3v) is 3.48. The van der Waals surface area contributed by atoms with Gasteiger partial charge in [-0.1, -0.05) is 13.8 Å². The fraction of sp³-hybridized carbons (Fsp3) is 0.412. The third-order valence-electron chi connectivity index (χ3n) is 3.48. The van der Waals surface area contributed by atoms with Crippen LogP contribution in [0.15, 0.2) is 41.0 Å². The van der Waals surface area contributed by atoms with Gasteiger partial charge in [0.2, 0.25) is 0 Å². The summed E-state index contributed by atoms with van der Waals surface area (Å²) in [6.45, 7) is 4.25. The molecule has 0 amide bonds. The second-order valence-electron chi connectivity index (χ2n) is 6.24. The summed E-state index contributed by atoms with van der Waals surface area (Å²) in [5.41, 5.74) is 2.79. The monoisotopic (exact) mass is 302 g/mol. The maximum atomic E-state index is 10.7. The first kappa shape index (κ1) is 16.1. The molecule has 22 heavy (non-hydrogen) atoms. The minimum atomic E-state index is -0.863. The highest BCUT2D eigenvalue weighted by Gasteiger charge is 2.26. The fourth-order valence-electron chi connectivity index (χ4n) is 2.57. The molecule has 2 N–H and O–H groups in total. The number of carbonyl (C=O) groups is 1. The first-order valence-corrected chi connectivity index (χ1v) is 7.26. The van der Waals surface area contributed by atoms with Gasteiger partial charge in [-0.2, -0.15) is 0 Å². The molecular formula is C17H22N2O3. The van der Waals surface area contributed by atoms with E-state index in [1.54, 1.807) is 7.11 Å². The zero-order valence-electron chi connectivity index (χ0n) is 13.2. The van der Waals surface area contributed by atoms with Crippen LogP contribution in [0, 0.1) is 5.41 Å². The van der Waals surface area contributed by atoms with Crippen LogP contribution in [0.4, 0.5) is 5.69 Å². The van der Waals surface area contributed by atoms with Gasteiger partial charge in [-0.05, 0) is 48.6 Å². The Hall–Kier alpha value is -2.30. The molecule has 0 atom stereocenters. The Bertz CT molecular complexity index is 601. The lowest BCUT2D eigenvalue weighted by Gasteiger charge is -2.30. The Kier molecular flexibility index (Phi) is 4.85. The molecule has 0 spiro atoms. The number of benzene rings is 1. The van der Waals surface area contributed by atoms with Crippen molar-refractivity contribution in [2.45, 2.75) is 26.7 Å². The molecule has 0 bridgehead atoms. The molecule has 0 heterocycles. The summed E-state index contributed by atoms with van der Waals surface area (Å²) in [4.78, 5) is 15.4. The molecule has 1 aromatic rings. The van der Waals surface area contributed by atoms with Gasteiger partial charge >= 0.3 is 5.97 Å². The van der Waals surface area contributed by atoms with Crippen LogP contribution < -0.4 is 10.1 Å². The van der Waals surface area contributed by atoms with Gasteiger partial charge in [0.25, 0.3) is 0 Å². The molecule has 0 saturated heterocycles. The number of hydrogen-bond donors (Lipinski definition) is 2. The normalized spacial score (nSPS) is 18.7. The second-order valence-corrected chi connectivity index (χ2v) is 6.24. The van der Waals surface area contributed by atoms with Gasteiger partial charge < -0.3 is 15.2 Å². The fourth-order valence-corrected chi connectivity index (χ4v) is 2.57. The number of hydrogen-bond acceptors (Lipinski definition) is 4. The van der Waals surface area contributed by atoms with Crippen LogP contribution in [-0.4, -0.2) is 30.4 Å². The number of rotatable bonds is 5. The summed E-state index contributed by atoms with van der Waals surface area (Å²) in [5, 5.41) is 11.8. The van der Waals surface area contributed by atoms with Gasteiger partial charge in [0.1, 0.15) is 12.3 Å². The van der Waals surface area contributed by atoms with E-state index in [2.05, 4.69) is 24.2 Å². The molecule has 5 nitrogen and oxygen atoms in total. The van der Waals surface area contributed by atoms with Crippen molar-refractivity contribution < 1.29 is 14.6 Å². The highest BCUT2D eigenvalue weighted by molar-refractivity contribution is 5.98. The molecule has 0 radical (unpaired) electrons. The number of nitrogens with one attached hydrogen (secondary N) is 1. The zero-order chi connectivity index (χ0) is 16.2. The molecule has 2 rings (SSSR count). The van der Waals surface area contributed by atoms with Crippen molar-refractivity contribution in [2.24, 2.45) is 10.4 Å². The van der Waals surface area contributed by atoms with E-state index in [9.17, 15) is 4.79 Å². The van der Waals surface area contributed by atoms with Crippen molar-refractivity contribution in [1.82, 2.24) is 5.32 Å². The summed E-state index contributed by atoms with van der Waals surface area (Å²) in [7, 11) is 1.63. The molecule has 0 aromatic heterocycles. The molecule has 1 aromatic carbocycles. The first-order chi connectivity index (χ1) is 10.4. The van der Waals surface area contributed by atoms with Crippen molar-refractivity contribution in [3.05, 3.63) is 36.0 Å². The SMILES string of the molecule is COc1ccc(N=C2C=C(NCC(=O)O)CC(C)(C)C2)cc1. The highest BCUT2D eigenvalue weighted by Crippen LogP contribution is 2.34. The van der Waals surface area contributed by atoms with Gasteiger partial charge in [0.05, 0.1) is 12.8 Å². The molecule has 0 fully saturated rings. The van der Waals surface area contributed by atoms with Crippen LogP contribution >= 0.6 is 0 Å². The van der Waals surface area contributed by atoms with E-state index in [0.29, 0.717) is 0 Å². The van der Waals surface area contributed by atoms with Gasteiger partial charge in [-0.15, -0.1) is 0 Å². The van der Waals surface area contributed by atoms with Gasteiger partial charge in [0.15, 0.2) is 0 Å². The number of methoxy groups -OCH3 is 1. The predicted octanol–water partition coefficient (Wildman–Crippen LogP) is 3.15. The Labute approximate surface area is 130 Å². The van der Waals surface area contributed by atoms with E-state index in [1.807, 2.05) is 30.3 Å². The maximum Gasteiger partial charge on any atom is 0.322 e. The molecule has 0 saturated carbocycles. The number of allylic oxidation sites excluding steroid dienone is 2. The molecule has 0 unspecified atom stereocenters. The Morgan fingerprint density at radius 2 is 2.00 bits per heavy atom. The lowest BCUT2D eigenvalue weighted by molar-refractivity contribution is -0.135. The minimum absolute atomic E-state index is 0.0564. The number of ether oxygens (including phenoxy) is 1. The van der Waals surface area contributed by atoms with Crippen molar-refractivity contribution in [1.29, 1.82) is 0 Å². The van der Waals surface area contributed by atoms with Crippen molar-refractivity contribution in [3.63, 3.8) is 0 Å². The summed E-state index contributed by atoms with van der Waals surface area (Å²) in [5.74, 6) is -0.0646. The largest absolute Gasteiger partial charge is 0.497 e. The zero-order valence-corrected chi connectivity index (χ0v) is 13.2. The number of carboxylic acids is 1. The van der Waals surface area contributed by atoms with E-state index in [-0.39, 0.29) is 12.0 Å².